The monoisotopic (exact) mass is 291 g/mol. The fourth-order valence-corrected chi connectivity index (χ4v) is 2.05. The zero-order valence-corrected chi connectivity index (χ0v) is 14.9. The molecule has 120 valence electrons. The SMILES string of the molecule is Cc1cccc(C(CNC(C)(C)C)OCCC(C)(C)C)c1. The summed E-state index contributed by atoms with van der Waals surface area (Å²) in [5.41, 5.74) is 2.97. The maximum Gasteiger partial charge on any atom is 0.0949 e. The third kappa shape index (κ3) is 8.23. The third-order valence-electron chi connectivity index (χ3n) is 3.40. The molecule has 0 aliphatic heterocycles. The summed E-state index contributed by atoms with van der Waals surface area (Å²) in [7, 11) is 0. The van der Waals surface area contributed by atoms with Gasteiger partial charge in [-0.1, -0.05) is 50.6 Å². The second-order valence-corrected chi connectivity index (χ2v) is 8.22. The summed E-state index contributed by atoms with van der Waals surface area (Å²) in [6.07, 6.45) is 1.19. The van der Waals surface area contributed by atoms with Gasteiger partial charge in [-0.15, -0.1) is 0 Å². The van der Waals surface area contributed by atoms with Crippen LogP contribution in [-0.4, -0.2) is 18.7 Å². The maximum absolute atomic E-state index is 6.19. The van der Waals surface area contributed by atoms with E-state index in [-0.39, 0.29) is 11.6 Å². The van der Waals surface area contributed by atoms with Crippen LogP contribution in [0.4, 0.5) is 0 Å². The lowest BCUT2D eigenvalue weighted by Gasteiger charge is -2.27. The van der Waals surface area contributed by atoms with E-state index in [4.69, 9.17) is 4.74 Å². The molecule has 0 saturated carbocycles. The molecule has 1 N–H and O–H groups in total. The molecule has 0 aromatic heterocycles. The van der Waals surface area contributed by atoms with Crippen molar-refractivity contribution in [2.24, 2.45) is 5.41 Å². The van der Waals surface area contributed by atoms with Gasteiger partial charge in [-0.2, -0.15) is 0 Å². The van der Waals surface area contributed by atoms with Gasteiger partial charge in [0.2, 0.25) is 0 Å². The van der Waals surface area contributed by atoms with Gasteiger partial charge in [-0.3, -0.25) is 0 Å². The van der Waals surface area contributed by atoms with Crippen LogP contribution in [0.15, 0.2) is 24.3 Å². The first-order valence-electron chi connectivity index (χ1n) is 8.00. The average molecular weight is 291 g/mol. The molecule has 0 spiro atoms. The first kappa shape index (κ1) is 18.2. The molecule has 0 aliphatic carbocycles. The normalized spacial score (nSPS) is 14.2. The van der Waals surface area contributed by atoms with Crippen LogP contribution < -0.4 is 5.32 Å². The largest absolute Gasteiger partial charge is 0.372 e. The molecule has 2 heteroatoms. The lowest BCUT2D eigenvalue weighted by Crippen LogP contribution is -2.39. The molecule has 0 heterocycles. The Hall–Kier alpha value is -0.860. The smallest absolute Gasteiger partial charge is 0.0949 e. The van der Waals surface area contributed by atoms with Crippen LogP contribution in [0.5, 0.6) is 0 Å². The second kappa shape index (κ2) is 7.42. The van der Waals surface area contributed by atoms with Crippen molar-refractivity contribution in [3.63, 3.8) is 0 Å². The highest BCUT2D eigenvalue weighted by Gasteiger charge is 2.18. The highest BCUT2D eigenvalue weighted by Crippen LogP contribution is 2.23. The molecule has 21 heavy (non-hydrogen) atoms. The molecular formula is C19H33NO. The van der Waals surface area contributed by atoms with E-state index in [2.05, 4.69) is 78.0 Å². The molecule has 1 unspecified atom stereocenters. The van der Waals surface area contributed by atoms with Crippen LogP contribution >= 0.6 is 0 Å². The standard InChI is InChI=1S/C19H33NO/c1-15-9-8-10-16(13-15)17(14-20-19(5,6)7)21-12-11-18(2,3)4/h8-10,13,17,20H,11-12,14H2,1-7H3. The van der Waals surface area contributed by atoms with E-state index in [1.54, 1.807) is 0 Å². The minimum Gasteiger partial charge on any atom is -0.372 e. The Morgan fingerprint density at radius 2 is 1.76 bits per heavy atom. The second-order valence-electron chi connectivity index (χ2n) is 8.22. The van der Waals surface area contributed by atoms with Crippen molar-refractivity contribution < 1.29 is 4.74 Å². The van der Waals surface area contributed by atoms with E-state index in [1.165, 1.54) is 11.1 Å². The quantitative estimate of drug-likeness (QED) is 0.806. The van der Waals surface area contributed by atoms with E-state index in [0.29, 0.717) is 5.41 Å². The molecule has 0 amide bonds. The Labute approximate surface area is 131 Å². The van der Waals surface area contributed by atoms with Crippen molar-refractivity contribution in [1.82, 2.24) is 5.32 Å². The molecule has 2 nitrogen and oxygen atoms in total. The van der Waals surface area contributed by atoms with Crippen molar-refractivity contribution >= 4 is 0 Å². The predicted octanol–water partition coefficient (Wildman–Crippen LogP) is 4.88. The van der Waals surface area contributed by atoms with Gasteiger partial charge in [-0.05, 0) is 45.1 Å². The van der Waals surface area contributed by atoms with Crippen LogP contribution in [0.3, 0.4) is 0 Å². The van der Waals surface area contributed by atoms with E-state index in [0.717, 1.165) is 19.6 Å². The molecule has 0 fully saturated rings. The number of hydrogen-bond donors (Lipinski definition) is 1. The summed E-state index contributed by atoms with van der Waals surface area (Å²) < 4.78 is 6.19. The Balaban J connectivity index is 2.70. The van der Waals surface area contributed by atoms with Gasteiger partial charge in [0, 0.05) is 18.7 Å². The summed E-state index contributed by atoms with van der Waals surface area (Å²) in [6, 6.07) is 8.64. The number of rotatable bonds is 6. The Bertz CT molecular complexity index is 426. The Morgan fingerprint density at radius 3 is 2.29 bits per heavy atom. The molecule has 0 aliphatic rings. The molecule has 1 aromatic rings. The summed E-state index contributed by atoms with van der Waals surface area (Å²) in [5.74, 6) is 0. The van der Waals surface area contributed by atoms with Gasteiger partial charge < -0.3 is 10.1 Å². The zero-order valence-electron chi connectivity index (χ0n) is 14.9. The van der Waals surface area contributed by atoms with Crippen molar-refractivity contribution in [2.75, 3.05) is 13.2 Å². The zero-order chi connectivity index (χ0) is 16.1. The number of nitrogens with one attached hydrogen (secondary N) is 1. The summed E-state index contributed by atoms with van der Waals surface area (Å²) >= 11 is 0. The van der Waals surface area contributed by atoms with Gasteiger partial charge in [-0.25, -0.2) is 0 Å². The minimum atomic E-state index is 0.107. The van der Waals surface area contributed by atoms with Gasteiger partial charge in [0.1, 0.15) is 0 Å². The fraction of sp³-hybridized carbons (Fsp3) is 0.684. The summed E-state index contributed by atoms with van der Waals surface area (Å²) in [6.45, 7) is 17.1. The van der Waals surface area contributed by atoms with Gasteiger partial charge in [0.05, 0.1) is 6.10 Å². The van der Waals surface area contributed by atoms with Crippen molar-refractivity contribution in [1.29, 1.82) is 0 Å². The van der Waals surface area contributed by atoms with Crippen LogP contribution in [0.25, 0.3) is 0 Å². The highest BCUT2D eigenvalue weighted by atomic mass is 16.5. The topological polar surface area (TPSA) is 21.3 Å². The third-order valence-corrected chi connectivity index (χ3v) is 3.40. The van der Waals surface area contributed by atoms with Crippen molar-refractivity contribution in [3.8, 4) is 0 Å². The Morgan fingerprint density at radius 1 is 1.10 bits per heavy atom. The first-order valence-corrected chi connectivity index (χ1v) is 8.00. The Kier molecular flexibility index (Phi) is 6.42. The fourth-order valence-electron chi connectivity index (χ4n) is 2.05. The minimum absolute atomic E-state index is 0.107. The van der Waals surface area contributed by atoms with E-state index in [9.17, 15) is 0 Å². The first-order chi connectivity index (χ1) is 9.57. The summed E-state index contributed by atoms with van der Waals surface area (Å²) in [5, 5.41) is 3.56. The summed E-state index contributed by atoms with van der Waals surface area (Å²) in [4.78, 5) is 0. The molecule has 1 rings (SSSR count). The van der Waals surface area contributed by atoms with E-state index in [1.807, 2.05) is 0 Å². The van der Waals surface area contributed by atoms with Gasteiger partial charge in [0.25, 0.3) is 0 Å². The maximum atomic E-state index is 6.19. The number of ether oxygens (including phenoxy) is 1. The van der Waals surface area contributed by atoms with Gasteiger partial charge >= 0.3 is 0 Å². The van der Waals surface area contributed by atoms with Crippen LogP contribution in [0.1, 0.15) is 65.2 Å². The van der Waals surface area contributed by atoms with Crippen LogP contribution in [0.2, 0.25) is 0 Å². The predicted molar refractivity (Wildman–Crippen MR) is 91.7 cm³/mol. The lowest BCUT2D eigenvalue weighted by atomic mass is 9.93. The average Bonchev–Trinajstić information content (AvgIpc) is 2.30. The van der Waals surface area contributed by atoms with E-state index < -0.39 is 0 Å². The van der Waals surface area contributed by atoms with Crippen LogP contribution in [0, 0.1) is 12.3 Å². The molecular weight excluding hydrogens is 258 g/mol. The molecule has 0 bridgehead atoms. The molecule has 0 saturated heterocycles. The lowest BCUT2D eigenvalue weighted by molar-refractivity contribution is 0.0333. The van der Waals surface area contributed by atoms with Crippen LogP contribution in [-0.2, 0) is 4.74 Å². The molecule has 1 atom stereocenters. The van der Waals surface area contributed by atoms with Gasteiger partial charge in [0.15, 0.2) is 0 Å². The van der Waals surface area contributed by atoms with Crippen molar-refractivity contribution in [3.05, 3.63) is 35.4 Å². The van der Waals surface area contributed by atoms with Crippen molar-refractivity contribution in [2.45, 2.75) is 66.5 Å². The molecule has 1 aromatic carbocycles. The molecule has 0 radical (unpaired) electrons. The van der Waals surface area contributed by atoms with E-state index >= 15 is 0 Å². The number of benzene rings is 1. The highest BCUT2D eigenvalue weighted by molar-refractivity contribution is 5.24. The number of hydrogen-bond acceptors (Lipinski definition) is 2. The number of aryl methyl sites for hydroxylation is 1.